The summed E-state index contributed by atoms with van der Waals surface area (Å²) in [6.07, 6.45) is 6.32. The number of ether oxygens (including phenoxy) is 1. The number of benzene rings is 2. The van der Waals surface area contributed by atoms with E-state index in [0.717, 1.165) is 34.0 Å². The van der Waals surface area contributed by atoms with E-state index in [4.69, 9.17) is 10.6 Å². The van der Waals surface area contributed by atoms with Crippen molar-refractivity contribution in [3.05, 3.63) is 84.6 Å². The topological polar surface area (TPSA) is 165 Å². The van der Waals surface area contributed by atoms with E-state index in [-0.39, 0.29) is 31.5 Å². The molecule has 0 bridgehead atoms. The molecule has 4 aromatic rings. The Balaban J connectivity index is 1.02. The van der Waals surface area contributed by atoms with E-state index in [9.17, 15) is 14.7 Å². The maximum atomic E-state index is 13.4. The molecule has 2 amide bonds. The third-order valence-corrected chi connectivity index (χ3v) is 9.17. The van der Waals surface area contributed by atoms with E-state index in [0.29, 0.717) is 49.1 Å². The van der Waals surface area contributed by atoms with Crippen molar-refractivity contribution < 1.29 is 19.4 Å². The molecule has 4 heterocycles. The van der Waals surface area contributed by atoms with E-state index < -0.39 is 11.5 Å². The Kier molecular flexibility index (Phi) is 10.6. The van der Waals surface area contributed by atoms with Crippen LogP contribution in [0.1, 0.15) is 44.7 Å². The number of aliphatic hydroxyl groups is 1. The van der Waals surface area contributed by atoms with Crippen LogP contribution < -0.4 is 15.9 Å². The van der Waals surface area contributed by atoms with Crippen molar-refractivity contribution in [2.24, 2.45) is 10.8 Å². The highest BCUT2D eigenvalue weighted by molar-refractivity contribution is 6.01. The van der Waals surface area contributed by atoms with Crippen LogP contribution in [0.25, 0.3) is 33.4 Å². The summed E-state index contributed by atoms with van der Waals surface area (Å²) in [5.74, 6) is 5.75. The number of carbonyl (C=O) groups is 2. The first-order valence-corrected chi connectivity index (χ1v) is 17.2. The number of nitrogens with two attached hydrogens (primary N) is 1. The van der Waals surface area contributed by atoms with E-state index in [2.05, 4.69) is 38.1 Å². The highest BCUT2D eigenvalue weighted by Gasteiger charge is 2.43. The molecule has 0 spiro atoms. The summed E-state index contributed by atoms with van der Waals surface area (Å²) < 4.78 is 5.65. The van der Waals surface area contributed by atoms with Crippen LogP contribution in [-0.2, 0) is 9.59 Å². The number of hydrogen-bond acceptors (Lipinski definition) is 9. The van der Waals surface area contributed by atoms with Gasteiger partial charge in [-0.1, -0.05) is 36.9 Å². The first-order chi connectivity index (χ1) is 24.5. The Bertz CT molecular complexity index is 1950. The van der Waals surface area contributed by atoms with Crippen LogP contribution in [0.3, 0.4) is 0 Å². The second-order valence-corrected chi connectivity index (χ2v) is 13.2. The predicted octanol–water partition coefficient (Wildman–Crippen LogP) is 4.30. The van der Waals surface area contributed by atoms with Crippen LogP contribution in [0.5, 0.6) is 5.88 Å². The number of nitrogens with one attached hydrogen (secondary N) is 2. The van der Waals surface area contributed by atoms with Gasteiger partial charge in [0.2, 0.25) is 11.8 Å². The van der Waals surface area contributed by atoms with Crippen LogP contribution in [0.15, 0.2) is 78.4 Å². The number of H-pyrrole nitrogens is 1. The summed E-state index contributed by atoms with van der Waals surface area (Å²) in [4.78, 5) is 39.0. The number of amides is 2. The number of aromatic nitrogens is 3. The first-order valence-electron chi connectivity index (χ1n) is 17.2. The summed E-state index contributed by atoms with van der Waals surface area (Å²) in [5, 5.41) is 24.0. The predicted molar refractivity (Wildman–Crippen MR) is 199 cm³/mol. The molecule has 51 heavy (non-hydrogen) atoms. The van der Waals surface area contributed by atoms with Gasteiger partial charge in [-0.2, -0.15) is 5.10 Å². The number of nitrogens with zero attached hydrogens (tertiary/aromatic N) is 6. The Labute approximate surface area is 297 Å². The van der Waals surface area contributed by atoms with Crippen LogP contribution >= 0.6 is 0 Å². The molecule has 1 atom stereocenters. The second-order valence-electron chi connectivity index (χ2n) is 13.2. The third-order valence-electron chi connectivity index (χ3n) is 9.17. The molecule has 0 saturated carbocycles. The lowest BCUT2D eigenvalue weighted by molar-refractivity contribution is -0.135. The zero-order chi connectivity index (χ0) is 36.1. The molecule has 1 fully saturated rings. The van der Waals surface area contributed by atoms with Crippen molar-refractivity contribution in [1.29, 1.82) is 0 Å². The van der Waals surface area contributed by atoms with Crippen molar-refractivity contribution in [3.63, 3.8) is 0 Å². The number of likely N-dealkylation sites (tertiary alicyclic amines) is 1. The standard InChI is InChI=1S/C38H45N9O4/c1-5-47(39)24-41-26(4)27-6-8-28(9-7-27)29-14-17-46(18-15-29)35(48)22-45-19-16-38(50,23-45)37(49)42-31-11-12-33-32(20-31)36(44-43-33)30-10-13-34(40-21-30)51-25(2)3/h6-14,20-21,24-25,50H,4-5,15-19,22-23,39H2,1-3H3,(H,42,49)(H,43,44)/b41-24-/t38-/m0/s1. The fourth-order valence-corrected chi connectivity index (χ4v) is 6.21. The van der Waals surface area contributed by atoms with E-state index >= 15 is 0 Å². The Morgan fingerprint density at radius 2 is 1.96 bits per heavy atom. The SMILES string of the molecule is C=C(/N=C\N(N)CC)c1ccc(C2=CCN(C(=O)CN3CC[C@@](O)(C(=O)Nc4ccc5[nH]nc(-c6ccc(OC(C)C)nc6)c5c4)C3)CC2)cc1. The molecular weight excluding hydrogens is 646 g/mol. The molecule has 5 N–H and O–H groups in total. The molecule has 2 aromatic carbocycles. The fraction of sp³-hybridized carbons (Fsp3) is 0.342. The number of hydrazine groups is 1. The number of aliphatic imine (C=N–C) groups is 1. The number of fused-ring (bicyclic) bond motifs is 1. The summed E-state index contributed by atoms with van der Waals surface area (Å²) in [6, 6.07) is 17.2. The molecule has 0 radical (unpaired) electrons. The maximum Gasteiger partial charge on any atom is 0.257 e. The summed E-state index contributed by atoms with van der Waals surface area (Å²) in [5.41, 5.74) is 5.00. The minimum atomic E-state index is -1.62. The molecule has 0 unspecified atom stereocenters. The molecular formula is C38H45N9O4. The van der Waals surface area contributed by atoms with Crippen molar-refractivity contribution in [2.45, 2.75) is 45.3 Å². The molecule has 2 aromatic heterocycles. The summed E-state index contributed by atoms with van der Waals surface area (Å²) in [6.45, 7) is 12.2. The Morgan fingerprint density at radius 3 is 2.65 bits per heavy atom. The smallest absolute Gasteiger partial charge is 0.257 e. The highest BCUT2D eigenvalue weighted by atomic mass is 16.5. The van der Waals surface area contributed by atoms with E-state index in [1.807, 2.05) is 73.0 Å². The van der Waals surface area contributed by atoms with Crippen LogP contribution in [0.4, 0.5) is 5.69 Å². The molecule has 1 saturated heterocycles. The minimum Gasteiger partial charge on any atom is -0.475 e. The zero-order valence-electron chi connectivity index (χ0n) is 29.3. The number of aromatic amines is 1. The number of hydrogen-bond donors (Lipinski definition) is 4. The molecule has 13 nitrogen and oxygen atoms in total. The largest absolute Gasteiger partial charge is 0.475 e. The normalized spacial score (nSPS) is 18.0. The van der Waals surface area contributed by atoms with Gasteiger partial charge < -0.3 is 25.1 Å². The Morgan fingerprint density at radius 1 is 1.18 bits per heavy atom. The zero-order valence-corrected chi connectivity index (χ0v) is 29.3. The van der Waals surface area contributed by atoms with Crippen molar-refractivity contribution in [1.82, 2.24) is 30.0 Å². The van der Waals surface area contributed by atoms with Gasteiger partial charge in [-0.05, 0) is 74.6 Å². The van der Waals surface area contributed by atoms with Gasteiger partial charge in [0.1, 0.15) is 12.0 Å². The van der Waals surface area contributed by atoms with Gasteiger partial charge in [-0.3, -0.25) is 19.6 Å². The van der Waals surface area contributed by atoms with Crippen molar-refractivity contribution >= 4 is 46.0 Å². The highest BCUT2D eigenvalue weighted by Crippen LogP contribution is 2.31. The van der Waals surface area contributed by atoms with Crippen LogP contribution in [0.2, 0.25) is 0 Å². The second kappa shape index (κ2) is 15.3. The summed E-state index contributed by atoms with van der Waals surface area (Å²) in [7, 11) is 0. The van der Waals surface area contributed by atoms with Crippen molar-refractivity contribution in [3.8, 4) is 17.1 Å². The van der Waals surface area contributed by atoms with Gasteiger partial charge >= 0.3 is 0 Å². The molecule has 6 rings (SSSR count). The average Bonchev–Trinajstić information content (AvgIpc) is 3.74. The van der Waals surface area contributed by atoms with Crippen LogP contribution in [0, 0.1) is 0 Å². The number of β-amino-alcohol motifs (C(OH)–C–C–N with tert-alkyl or cyclic N) is 1. The number of carbonyl (C=O) groups excluding carboxylic acids is 2. The number of rotatable bonds is 12. The lowest BCUT2D eigenvalue weighted by Crippen LogP contribution is -2.47. The molecule has 2 aliphatic heterocycles. The van der Waals surface area contributed by atoms with Crippen LogP contribution in [-0.4, -0.2) is 104 Å². The van der Waals surface area contributed by atoms with Crippen molar-refractivity contribution in [2.75, 3.05) is 44.6 Å². The van der Waals surface area contributed by atoms with Gasteiger partial charge in [0.05, 0.1) is 23.9 Å². The maximum absolute atomic E-state index is 13.4. The molecule has 266 valence electrons. The van der Waals surface area contributed by atoms with Gasteiger partial charge in [0.15, 0.2) is 5.60 Å². The summed E-state index contributed by atoms with van der Waals surface area (Å²) >= 11 is 0. The quantitative estimate of drug-likeness (QED) is 0.0734. The van der Waals surface area contributed by atoms with E-state index in [1.165, 1.54) is 10.6 Å². The lowest BCUT2D eigenvalue weighted by Gasteiger charge is -2.29. The molecule has 0 aliphatic carbocycles. The Hall–Kier alpha value is -5.37. The number of pyridine rings is 1. The number of anilines is 1. The average molecular weight is 692 g/mol. The lowest BCUT2D eigenvalue weighted by atomic mass is 9.98. The van der Waals surface area contributed by atoms with Gasteiger partial charge in [0, 0.05) is 61.6 Å². The third kappa shape index (κ3) is 8.34. The fourth-order valence-electron chi connectivity index (χ4n) is 6.21. The van der Waals surface area contributed by atoms with Gasteiger partial charge in [-0.25, -0.2) is 15.8 Å². The first kappa shape index (κ1) is 35.5. The van der Waals surface area contributed by atoms with E-state index in [1.54, 1.807) is 24.7 Å². The van der Waals surface area contributed by atoms with Gasteiger partial charge in [0.25, 0.3) is 5.91 Å². The minimum absolute atomic E-state index is 0.0166. The monoisotopic (exact) mass is 691 g/mol. The molecule has 2 aliphatic rings. The molecule has 13 heteroatoms. The van der Waals surface area contributed by atoms with Gasteiger partial charge in [-0.15, -0.1) is 0 Å².